The van der Waals surface area contributed by atoms with E-state index in [1.54, 1.807) is 13.8 Å². The maximum absolute atomic E-state index is 12.7. The average Bonchev–Trinajstić information content (AvgIpc) is 2.80. The van der Waals surface area contributed by atoms with Gasteiger partial charge in [-0.15, -0.1) is 0 Å². The van der Waals surface area contributed by atoms with Crippen molar-refractivity contribution in [3.05, 3.63) is 41.3 Å². The van der Waals surface area contributed by atoms with Gasteiger partial charge in [-0.3, -0.25) is 0 Å². The summed E-state index contributed by atoms with van der Waals surface area (Å²) in [6.45, 7) is 3.40. The van der Waals surface area contributed by atoms with Crippen LogP contribution in [0.15, 0.2) is 24.3 Å². The summed E-state index contributed by atoms with van der Waals surface area (Å²) in [4.78, 5) is 15.3. The molecule has 0 bridgehead atoms. The van der Waals surface area contributed by atoms with Crippen LogP contribution in [0.5, 0.6) is 0 Å². The smallest absolute Gasteiger partial charge is 0.433 e. The van der Waals surface area contributed by atoms with Gasteiger partial charge < -0.3 is 4.74 Å². The first kappa shape index (κ1) is 15.0. The summed E-state index contributed by atoms with van der Waals surface area (Å²) >= 11 is 0. The van der Waals surface area contributed by atoms with E-state index in [-0.39, 0.29) is 18.1 Å². The van der Waals surface area contributed by atoms with Crippen LogP contribution in [-0.2, 0) is 10.9 Å². The van der Waals surface area contributed by atoms with Gasteiger partial charge in [0.1, 0.15) is 5.69 Å². The Morgan fingerprint density at radius 3 is 2.71 bits per heavy atom. The van der Waals surface area contributed by atoms with Gasteiger partial charge in [0.15, 0.2) is 11.5 Å². The molecule has 0 saturated carbocycles. The molecule has 21 heavy (non-hydrogen) atoms. The number of hydrogen-bond donors (Lipinski definition) is 0. The zero-order valence-electron chi connectivity index (χ0n) is 11.3. The quantitative estimate of drug-likeness (QED) is 0.818. The Bertz CT molecular complexity index is 665. The molecule has 0 unspecified atom stereocenters. The Labute approximate surface area is 118 Å². The molecule has 0 spiro atoms. The first-order valence-electron chi connectivity index (χ1n) is 6.11. The van der Waals surface area contributed by atoms with E-state index >= 15 is 0 Å². The van der Waals surface area contributed by atoms with Crippen LogP contribution in [0.25, 0.3) is 5.82 Å². The van der Waals surface area contributed by atoms with Gasteiger partial charge in [0.25, 0.3) is 0 Å². The van der Waals surface area contributed by atoms with Crippen LogP contribution in [-0.4, -0.2) is 27.3 Å². The second-order valence-electron chi connectivity index (χ2n) is 4.18. The minimum Gasteiger partial charge on any atom is -0.461 e. The van der Waals surface area contributed by atoms with Gasteiger partial charge in [0.2, 0.25) is 0 Å². The lowest BCUT2D eigenvalue weighted by atomic mass is 10.3. The number of carbonyl (C=O) groups excluding carboxylic acids is 1. The fourth-order valence-corrected chi connectivity index (χ4v) is 1.72. The van der Waals surface area contributed by atoms with Crippen molar-refractivity contribution >= 4 is 5.97 Å². The number of esters is 1. The largest absolute Gasteiger partial charge is 0.461 e. The number of rotatable bonds is 3. The Morgan fingerprint density at radius 2 is 2.10 bits per heavy atom. The molecule has 0 fully saturated rings. The molecule has 0 aliphatic heterocycles. The summed E-state index contributed by atoms with van der Waals surface area (Å²) in [5.41, 5.74) is -0.554. The maximum Gasteiger partial charge on any atom is 0.433 e. The molecular formula is C13H12F3N3O2. The number of alkyl halides is 3. The lowest BCUT2D eigenvalue weighted by molar-refractivity contribution is -0.141. The van der Waals surface area contributed by atoms with Crippen LogP contribution < -0.4 is 0 Å². The molecule has 0 amide bonds. The monoisotopic (exact) mass is 299 g/mol. The molecule has 2 aromatic rings. The third kappa shape index (κ3) is 3.21. The van der Waals surface area contributed by atoms with Gasteiger partial charge in [-0.2, -0.15) is 18.3 Å². The normalized spacial score (nSPS) is 11.5. The maximum atomic E-state index is 12.7. The van der Waals surface area contributed by atoms with Crippen molar-refractivity contribution in [3.8, 4) is 5.82 Å². The van der Waals surface area contributed by atoms with E-state index in [9.17, 15) is 18.0 Å². The van der Waals surface area contributed by atoms with E-state index in [4.69, 9.17) is 4.74 Å². The Kier molecular flexibility index (Phi) is 3.97. The minimum absolute atomic E-state index is 0.0289. The van der Waals surface area contributed by atoms with Crippen LogP contribution in [0.2, 0.25) is 0 Å². The lowest BCUT2D eigenvalue weighted by Gasteiger charge is -2.09. The van der Waals surface area contributed by atoms with Crippen LogP contribution >= 0.6 is 0 Å². The van der Waals surface area contributed by atoms with Crippen LogP contribution in [0, 0.1) is 6.92 Å². The van der Waals surface area contributed by atoms with Crippen molar-refractivity contribution < 1.29 is 22.7 Å². The highest BCUT2D eigenvalue weighted by molar-refractivity contribution is 5.88. The predicted molar refractivity (Wildman–Crippen MR) is 67.1 cm³/mol. The highest BCUT2D eigenvalue weighted by Gasteiger charge is 2.33. The van der Waals surface area contributed by atoms with E-state index in [0.29, 0.717) is 5.69 Å². The van der Waals surface area contributed by atoms with Gasteiger partial charge in [-0.1, -0.05) is 6.07 Å². The number of nitrogens with zero attached hydrogens (tertiary/aromatic N) is 3. The third-order valence-electron chi connectivity index (χ3n) is 2.56. The number of aryl methyl sites for hydroxylation is 1. The molecule has 112 valence electrons. The van der Waals surface area contributed by atoms with Gasteiger partial charge in [-0.05, 0) is 32.0 Å². The molecule has 0 saturated heterocycles. The molecule has 0 N–H and O–H groups in total. The van der Waals surface area contributed by atoms with E-state index in [2.05, 4.69) is 10.1 Å². The van der Waals surface area contributed by atoms with Crippen LogP contribution in [0.3, 0.4) is 0 Å². The average molecular weight is 299 g/mol. The Morgan fingerprint density at radius 1 is 1.38 bits per heavy atom. The summed E-state index contributed by atoms with van der Waals surface area (Å²) < 4.78 is 44.0. The predicted octanol–water partition coefficient (Wildman–Crippen LogP) is 2.77. The second-order valence-corrected chi connectivity index (χ2v) is 4.18. The molecule has 0 atom stereocenters. The molecule has 0 aliphatic carbocycles. The summed E-state index contributed by atoms with van der Waals surface area (Å²) in [7, 11) is 0. The topological polar surface area (TPSA) is 57.0 Å². The van der Waals surface area contributed by atoms with Crippen molar-refractivity contribution in [1.82, 2.24) is 14.8 Å². The Balaban J connectivity index is 2.50. The lowest BCUT2D eigenvalue weighted by Crippen LogP contribution is -2.15. The molecule has 0 aromatic carbocycles. The van der Waals surface area contributed by atoms with Gasteiger partial charge >= 0.3 is 12.1 Å². The molecular weight excluding hydrogens is 287 g/mol. The van der Waals surface area contributed by atoms with Crippen molar-refractivity contribution in [1.29, 1.82) is 0 Å². The first-order chi connectivity index (χ1) is 9.82. The van der Waals surface area contributed by atoms with Gasteiger partial charge in [-0.25, -0.2) is 14.5 Å². The number of ether oxygens (including phenoxy) is 1. The zero-order valence-corrected chi connectivity index (χ0v) is 11.3. The van der Waals surface area contributed by atoms with Gasteiger partial charge in [0.05, 0.1) is 12.3 Å². The SMILES string of the molecule is CCOC(=O)c1cc(C)nn1-c1cccc(C(F)(F)F)n1. The number of pyridine rings is 1. The second kappa shape index (κ2) is 5.55. The third-order valence-corrected chi connectivity index (χ3v) is 2.56. The molecule has 8 heteroatoms. The number of carbonyl (C=O) groups is 1. The summed E-state index contributed by atoms with van der Waals surface area (Å²) in [5.74, 6) is -0.765. The summed E-state index contributed by atoms with van der Waals surface area (Å²) in [6.07, 6.45) is -4.57. The molecule has 2 rings (SSSR count). The van der Waals surface area contributed by atoms with Crippen molar-refractivity contribution in [2.45, 2.75) is 20.0 Å². The van der Waals surface area contributed by atoms with Crippen LogP contribution in [0.1, 0.15) is 28.8 Å². The molecule has 0 aliphatic rings. The summed E-state index contributed by atoms with van der Waals surface area (Å²) in [6, 6.07) is 4.82. The molecule has 2 heterocycles. The Hall–Kier alpha value is -2.38. The van der Waals surface area contributed by atoms with E-state index in [1.165, 1.54) is 18.2 Å². The number of halogens is 3. The minimum atomic E-state index is -4.57. The van der Waals surface area contributed by atoms with Gasteiger partial charge in [0, 0.05) is 0 Å². The molecule has 0 radical (unpaired) electrons. The molecule has 2 aromatic heterocycles. The number of hydrogen-bond acceptors (Lipinski definition) is 4. The van der Waals surface area contributed by atoms with Crippen molar-refractivity contribution in [2.75, 3.05) is 6.61 Å². The highest BCUT2D eigenvalue weighted by atomic mass is 19.4. The standard InChI is InChI=1S/C13H12F3N3O2/c1-3-21-12(20)9-7-8(2)18-19(9)11-6-4-5-10(17-11)13(14,15)16/h4-7H,3H2,1-2H3. The highest BCUT2D eigenvalue weighted by Crippen LogP contribution is 2.28. The summed E-state index contributed by atoms with van der Waals surface area (Å²) in [5, 5.41) is 3.99. The first-order valence-corrected chi connectivity index (χ1v) is 6.11. The number of aromatic nitrogens is 3. The van der Waals surface area contributed by atoms with Crippen molar-refractivity contribution in [3.63, 3.8) is 0 Å². The van der Waals surface area contributed by atoms with E-state index in [0.717, 1.165) is 10.7 Å². The van der Waals surface area contributed by atoms with Crippen molar-refractivity contribution in [2.24, 2.45) is 0 Å². The van der Waals surface area contributed by atoms with E-state index < -0.39 is 17.8 Å². The fourth-order valence-electron chi connectivity index (χ4n) is 1.72. The zero-order chi connectivity index (χ0) is 15.6. The fraction of sp³-hybridized carbons (Fsp3) is 0.308. The van der Waals surface area contributed by atoms with Crippen LogP contribution in [0.4, 0.5) is 13.2 Å². The van der Waals surface area contributed by atoms with E-state index in [1.807, 2.05) is 0 Å². The molecule has 5 nitrogen and oxygen atoms in total.